The highest BCUT2D eigenvalue weighted by Crippen LogP contribution is 2.36. The van der Waals surface area contributed by atoms with E-state index in [4.69, 9.17) is 37.7 Å². The molecule has 3 aromatic heterocycles. The van der Waals surface area contributed by atoms with Crippen molar-refractivity contribution in [3.05, 3.63) is 153 Å². The molecule has 6 aromatic rings. The number of amides is 2. The predicted octanol–water partition coefficient (Wildman–Crippen LogP) is 7.71. The fourth-order valence-electron chi connectivity index (χ4n) is 6.29. The number of rotatable bonds is 12. The number of aromatic nitrogens is 3. The normalized spacial score (nSPS) is 13.0. The number of ether oxygens (including phenoxy) is 2. The van der Waals surface area contributed by atoms with Crippen LogP contribution < -0.4 is 20.3 Å². The summed E-state index contributed by atoms with van der Waals surface area (Å²) in [6, 6.07) is 28.1. The van der Waals surface area contributed by atoms with Gasteiger partial charge in [-0.3, -0.25) is 14.6 Å². The highest BCUT2D eigenvalue weighted by atomic mass is 35.5. The Balaban J connectivity index is 0.990. The molecule has 12 heteroatoms. The Morgan fingerprint density at radius 1 is 0.907 bits per heavy atom. The fraction of sp³-hybridized carbons (Fsp3) is 0.190. The second-order valence-electron chi connectivity index (χ2n) is 12.7. The van der Waals surface area contributed by atoms with E-state index in [1.165, 1.54) is 6.08 Å². The number of hydrogen-bond acceptors (Lipinski definition) is 7. The SMILES string of the molecule is Cc1cc(N2CCOCC2)c2cccc(OCc3c(Cl)ccc(-n4cccc4CNC(=O)C=Cc4ccc(C(=O)NCc5ccccn5)cc4)c3Cl)c2n1. The van der Waals surface area contributed by atoms with Crippen molar-refractivity contribution < 1.29 is 19.1 Å². The smallest absolute Gasteiger partial charge is 0.251 e. The summed E-state index contributed by atoms with van der Waals surface area (Å²) in [5.41, 5.74) is 7.02. The van der Waals surface area contributed by atoms with Gasteiger partial charge in [-0.2, -0.15) is 0 Å². The molecule has 2 amide bonds. The quantitative estimate of drug-likeness (QED) is 0.123. The number of hydrogen-bond donors (Lipinski definition) is 2. The summed E-state index contributed by atoms with van der Waals surface area (Å²) in [6.07, 6.45) is 6.73. The summed E-state index contributed by atoms with van der Waals surface area (Å²) in [5.74, 6) is 0.165. The minimum absolute atomic E-state index is 0.127. The third-order valence-electron chi connectivity index (χ3n) is 9.09. The molecule has 0 atom stereocenters. The van der Waals surface area contributed by atoms with Crippen LogP contribution in [-0.2, 0) is 29.2 Å². The Morgan fingerprint density at radius 3 is 2.54 bits per heavy atom. The van der Waals surface area contributed by atoms with Gasteiger partial charge >= 0.3 is 0 Å². The lowest BCUT2D eigenvalue weighted by atomic mass is 10.1. The van der Waals surface area contributed by atoms with Crippen LogP contribution in [0.25, 0.3) is 22.7 Å². The molecule has 1 fully saturated rings. The molecule has 1 aliphatic heterocycles. The van der Waals surface area contributed by atoms with E-state index in [0.29, 0.717) is 52.4 Å². The van der Waals surface area contributed by atoms with Crippen molar-refractivity contribution in [2.75, 3.05) is 31.2 Å². The van der Waals surface area contributed by atoms with Crippen molar-refractivity contribution in [1.29, 1.82) is 0 Å². The number of para-hydroxylation sites is 1. The van der Waals surface area contributed by atoms with E-state index in [1.807, 2.05) is 66.2 Å². The van der Waals surface area contributed by atoms with Gasteiger partial charge in [-0.25, -0.2) is 4.98 Å². The molecule has 1 saturated heterocycles. The van der Waals surface area contributed by atoms with Crippen LogP contribution in [0.15, 0.2) is 109 Å². The molecular weight excluding hydrogens is 723 g/mol. The lowest BCUT2D eigenvalue weighted by Crippen LogP contribution is -2.36. The first kappa shape index (κ1) is 36.7. The first-order valence-corrected chi connectivity index (χ1v) is 18.3. The van der Waals surface area contributed by atoms with Crippen LogP contribution in [0.5, 0.6) is 5.75 Å². The number of nitrogens with one attached hydrogen (secondary N) is 2. The molecule has 0 saturated carbocycles. The van der Waals surface area contributed by atoms with Crippen molar-refractivity contribution in [3.63, 3.8) is 0 Å². The fourth-order valence-corrected chi connectivity index (χ4v) is 6.86. The van der Waals surface area contributed by atoms with E-state index in [0.717, 1.165) is 52.3 Å². The topological polar surface area (TPSA) is 111 Å². The maximum Gasteiger partial charge on any atom is 0.251 e. The number of pyridine rings is 2. The van der Waals surface area contributed by atoms with Crippen molar-refractivity contribution >= 4 is 57.7 Å². The average molecular weight is 762 g/mol. The third-order valence-corrected chi connectivity index (χ3v) is 9.87. The van der Waals surface area contributed by atoms with Crippen LogP contribution in [0, 0.1) is 6.92 Å². The maximum atomic E-state index is 12.8. The van der Waals surface area contributed by atoms with Crippen molar-refractivity contribution in [1.82, 2.24) is 25.2 Å². The van der Waals surface area contributed by atoms with Crippen LogP contribution >= 0.6 is 23.2 Å². The van der Waals surface area contributed by atoms with Crippen molar-refractivity contribution in [2.45, 2.75) is 26.6 Å². The molecule has 0 spiro atoms. The van der Waals surface area contributed by atoms with Gasteiger partial charge in [0.1, 0.15) is 17.9 Å². The van der Waals surface area contributed by atoms with Crippen LogP contribution in [0.3, 0.4) is 0 Å². The second-order valence-corrected chi connectivity index (χ2v) is 13.5. The van der Waals surface area contributed by atoms with Crippen LogP contribution in [0.4, 0.5) is 5.69 Å². The highest BCUT2D eigenvalue weighted by Gasteiger charge is 2.19. The van der Waals surface area contributed by atoms with E-state index in [9.17, 15) is 9.59 Å². The second kappa shape index (κ2) is 17.0. The predicted molar refractivity (Wildman–Crippen MR) is 212 cm³/mol. The van der Waals surface area contributed by atoms with Gasteiger partial charge < -0.3 is 29.6 Å². The molecule has 7 rings (SSSR count). The van der Waals surface area contributed by atoms with Crippen LogP contribution in [0.1, 0.15) is 38.6 Å². The van der Waals surface area contributed by atoms with Gasteiger partial charge in [0.25, 0.3) is 5.91 Å². The standard InChI is InChI=1S/C42H38Cl2N6O4/c1-28-24-37(49-20-22-53-23-21-49)33-8-4-9-38(41(33)48-28)54-27-34-35(43)15-16-36(40(34)44)50-19-5-7-32(50)26-46-39(51)17-12-29-10-13-30(14-11-29)42(52)47-25-31-6-2-3-18-45-31/h2-19,24H,20-23,25-27H2,1H3,(H,46,51)(H,47,52). The monoisotopic (exact) mass is 760 g/mol. The molecule has 0 radical (unpaired) electrons. The summed E-state index contributed by atoms with van der Waals surface area (Å²) in [4.78, 5) is 36.7. The average Bonchev–Trinajstić information content (AvgIpc) is 3.67. The molecule has 4 heterocycles. The number of aryl methyl sites for hydroxylation is 1. The maximum absolute atomic E-state index is 12.8. The zero-order valence-electron chi connectivity index (χ0n) is 29.6. The Labute approximate surface area is 323 Å². The van der Waals surface area contributed by atoms with E-state index in [2.05, 4.69) is 32.7 Å². The molecule has 1 aliphatic rings. The number of fused-ring (bicyclic) bond motifs is 1. The van der Waals surface area contributed by atoms with E-state index in [-0.39, 0.29) is 25.0 Å². The largest absolute Gasteiger partial charge is 0.487 e. The van der Waals surface area contributed by atoms with Gasteiger partial charge in [-0.1, -0.05) is 53.5 Å². The number of carbonyl (C=O) groups is 2. The highest BCUT2D eigenvalue weighted by molar-refractivity contribution is 6.37. The number of carbonyl (C=O) groups excluding carboxylic acids is 2. The van der Waals surface area contributed by atoms with Crippen molar-refractivity contribution in [2.24, 2.45) is 0 Å². The first-order valence-electron chi connectivity index (χ1n) is 17.6. The van der Waals surface area contributed by atoms with E-state index >= 15 is 0 Å². The lowest BCUT2D eigenvalue weighted by molar-refractivity contribution is -0.116. The zero-order valence-corrected chi connectivity index (χ0v) is 31.1. The Bertz CT molecular complexity index is 2300. The molecule has 54 heavy (non-hydrogen) atoms. The molecule has 0 unspecified atom stereocenters. The molecule has 10 nitrogen and oxygen atoms in total. The zero-order chi connectivity index (χ0) is 37.4. The van der Waals surface area contributed by atoms with Gasteiger partial charge in [0.15, 0.2) is 0 Å². The molecule has 3 aromatic carbocycles. The molecule has 2 N–H and O–H groups in total. The molecular formula is C42H38Cl2N6O4. The molecule has 0 aliphatic carbocycles. The van der Waals surface area contributed by atoms with Gasteiger partial charge in [-0.05, 0) is 79.2 Å². The van der Waals surface area contributed by atoms with Crippen LogP contribution in [0.2, 0.25) is 10.0 Å². The summed E-state index contributed by atoms with van der Waals surface area (Å²) in [7, 11) is 0. The first-order chi connectivity index (χ1) is 26.3. The van der Waals surface area contributed by atoms with Gasteiger partial charge in [0, 0.05) is 70.2 Å². The minimum Gasteiger partial charge on any atom is -0.487 e. The number of morpholine rings is 1. The van der Waals surface area contributed by atoms with Crippen LogP contribution in [-0.4, -0.2) is 52.7 Å². The molecule has 274 valence electrons. The minimum atomic E-state index is -0.271. The third kappa shape index (κ3) is 8.58. The molecule has 0 bridgehead atoms. The number of benzene rings is 3. The Hall–Kier alpha value is -5.68. The summed E-state index contributed by atoms with van der Waals surface area (Å²) < 4.78 is 13.9. The summed E-state index contributed by atoms with van der Waals surface area (Å²) in [5, 5.41) is 7.73. The number of halogens is 2. The number of anilines is 1. The lowest BCUT2D eigenvalue weighted by Gasteiger charge is -2.30. The Morgan fingerprint density at radius 2 is 1.74 bits per heavy atom. The van der Waals surface area contributed by atoms with Crippen molar-refractivity contribution in [3.8, 4) is 11.4 Å². The van der Waals surface area contributed by atoms with Gasteiger partial charge in [-0.15, -0.1) is 0 Å². The van der Waals surface area contributed by atoms with E-state index in [1.54, 1.807) is 42.6 Å². The summed E-state index contributed by atoms with van der Waals surface area (Å²) >= 11 is 13.7. The van der Waals surface area contributed by atoms with Gasteiger partial charge in [0.05, 0.1) is 42.7 Å². The van der Waals surface area contributed by atoms with Gasteiger partial charge in [0.2, 0.25) is 5.91 Å². The van der Waals surface area contributed by atoms with E-state index < -0.39 is 0 Å². The number of nitrogens with zero attached hydrogens (tertiary/aromatic N) is 4. The summed E-state index contributed by atoms with van der Waals surface area (Å²) in [6.45, 7) is 5.71. The Kier molecular flexibility index (Phi) is 11.5.